The summed E-state index contributed by atoms with van der Waals surface area (Å²) in [5.74, 6) is -0.101. The molecule has 0 radical (unpaired) electrons. The van der Waals surface area contributed by atoms with Crippen LogP contribution >= 0.6 is 0 Å². The topological polar surface area (TPSA) is 41.8 Å². The number of aliphatic hydroxyl groups excluding tert-OH is 1. The molecule has 0 saturated carbocycles. The van der Waals surface area contributed by atoms with E-state index >= 15 is 0 Å². The summed E-state index contributed by atoms with van der Waals surface area (Å²) in [5, 5.41) is 9.35. The van der Waals surface area contributed by atoms with E-state index < -0.39 is 0 Å². The average molecular weight is 189 g/mol. The van der Waals surface area contributed by atoms with Crippen molar-refractivity contribution in [3.8, 4) is 0 Å². The highest BCUT2D eigenvalue weighted by Crippen LogP contribution is 2.20. The lowest BCUT2D eigenvalue weighted by atomic mass is 10.0. The standard InChI is InChI=1S/C11H11NO2/c1-14-11(13)10-6-8-4-2-3-5-9(8)7-12-10/h2-5,7,13H,6H2,1H3/b11-10+. The van der Waals surface area contributed by atoms with Crippen molar-refractivity contribution in [1.82, 2.24) is 0 Å². The van der Waals surface area contributed by atoms with Crippen LogP contribution in [0.1, 0.15) is 11.1 Å². The van der Waals surface area contributed by atoms with E-state index in [0.717, 1.165) is 11.1 Å². The second-order valence-corrected chi connectivity index (χ2v) is 3.09. The summed E-state index contributed by atoms with van der Waals surface area (Å²) < 4.78 is 4.73. The van der Waals surface area contributed by atoms with Gasteiger partial charge in [-0.2, -0.15) is 0 Å². The zero-order valence-electron chi connectivity index (χ0n) is 7.90. The van der Waals surface area contributed by atoms with Crippen LogP contribution in [0.25, 0.3) is 0 Å². The summed E-state index contributed by atoms with van der Waals surface area (Å²) >= 11 is 0. The molecule has 0 aliphatic carbocycles. The number of fused-ring (bicyclic) bond motifs is 1. The fourth-order valence-corrected chi connectivity index (χ4v) is 1.44. The Kier molecular flexibility index (Phi) is 2.23. The lowest BCUT2D eigenvalue weighted by Crippen LogP contribution is -2.04. The molecule has 0 saturated heterocycles. The molecule has 3 heteroatoms. The Labute approximate surface area is 82.4 Å². The molecule has 0 aromatic heterocycles. The van der Waals surface area contributed by atoms with Crippen molar-refractivity contribution < 1.29 is 9.84 Å². The molecule has 1 aliphatic heterocycles. The fraction of sp³-hybridized carbons (Fsp3) is 0.182. The van der Waals surface area contributed by atoms with Gasteiger partial charge in [-0.15, -0.1) is 0 Å². The van der Waals surface area contributed by atoms with E-state index in [2.05, 4.69) is 4.99 Å². The van der Waals surface area contributed by atoms with E-state index in [9.17, 15) is 5.11 Å². The number of rotatable bonds is 1. The number of allylic oxidation sites excluding steroid dienone is 1. The van der Waals surface area contributed by atoms with Gasteiger partial charge in [-0.3, -0.25) is 4.99 Å². The number of aliphatic hydroxyl groups is 1. The molecule has 1 aliphatic rings. The Hall–Kier alpha value is -1.77. The Balaban J connectivity index is 2.39. The van der Waals surface area contributed by atoms with Crippen LogP contribution in [0.5, 0.6) is 0 Å². The Morgan fingerprint density at radius 3 is 3.00 bits per heavy atom. The average Bonchev–Trinajstić information content (AvgIpc) is 2.27. The Morgan fingerprint density at radius 2 is 2.21 bits per heavy atom. The van der Waals surface area contributed by atoms with E-state index in [1.54, 1.807) is 6.21 Å². The minimum atomic E-state index is -0.101. The van der Waals surface area contributed by atoms with Crippen molar-refractivity contribution in [3.05, 3.63) is 47.0 Å². The molecule has 2 rings (SSSR count). The van der Waals surface area contributed by atoms with Crippen LogP contribution in [0.4, 0.5) is 0 Å². The number of ether oxygens (including phenoxy) is 1. The minimum absolute atomic E-state index is 0.101. The van der Waals surface area contributed by atoms with E-state index in [1.807, 2.05) is 24.3 Å². The zero-order chi connectivity index (χ0) is 9.97. The van der Waals surface area contributed by atoms with Crippen molar-refractivity contribution in [2.45, 2.75) is 6.42 Å². The number of hydrogen-bond acceptors (Lipinski definition) is 3. The van der Waals surface area contributed by atoms with Crippen molar-refractivity contribution in [3.63, 3.8) is 0 Å². The summed E-state index contributed by atoms with van der Waals surface area (Å²) in [4.78, 5) is 4.12. The number of nitrogens with zero attached hydrogens (tertiary/aromatic N) is 1. The highest BCUT2D eigenvalue weighted by atomic mass is 16.6. The molecule has 1 aromatic carbocycles. The van der Waals surface area contributed by atoms with Crippen molar-refractivity contribution in [2.75, 3.05) is 7.11 Å². The smallest absolute Gasteiger partial charge is 0.299 e. The van der Waals surface area contributed by atoms with Crippen LogP contribution in [0.2, 0.25) is 0 Å². The monoisotopic (exact) mass is 189 g/mol. The highest BCUT2D eigenvalue weighted by Gasteiger charge is 2.12. The number of aliphatic imine (C=N–C) groups is 1. The second kappa shape index (κ2) is 3.54. The Morgan fingerprint density at radius 1 is 1.43 bits per heavy atom. The van der Waals surface area contributed by atoms with Gasteiger partial charge in [0.05, 0.1) is 7.11 Å². The molecule has 1 heterocycles. The van der Waals surface area contributed by atoms with Gasteiger partial charge in [0.25, 0.3) is 5.95 Å². The molecule has 0 spiro atoms. The van der Waals surface area contributed by atoms with Crippen molar-refractivity contribution in [1.29, 1.82) is 0 Å². The van der Waals surface area contributed by atoms with Gasteiger partial charge in [0.15, 0.2) is 0 Å². The van der Waals surface area contributed by atoms with E-state index in [1.165, 1.54) is 7.11 Å². The minimum Gasteiger partial charge on any atom is -0.480 e. The van der Waals surface area contributed by atoms with E-state index in [0.29, 0.717) is 12.1 Å². The van der Waals surface area contributed by atoms with Gasteiger partial charge in [-0.25, -0.2) is 0 Å². The molecular formula is C11H11NO2. The maximum absolute atomic E-state index is 9.35. The third-order valence-electron chi connectivity index (χ3n) is 2.21. The lowest BCUT2D eigenvalue weighted by Gasteiger charge is -2.12. The first-order valence-corrected chi connectivity index (χ1v) is 4.39. The van der Waals surface area contributed by atoms with Gasteiger partial charge < -0.3 is 9.84 Å². The summed E-state index contributed by atoms with van der Waals surface area (Å²) in [5.41, 5.74) is 2.83. The second-order valence-electron chi connectivity index (χ2n) is 3.09. The molecule has 0 unspecified atom stereocenters. The third kappa shape index (κ3) is 1.48. The van der Waals surface area contributed by atoms with Gasteiger partial charge in [0.1, 0.15) is 5.70 Å². The largest absolute Gasteiger partial charge is 0.480 e. The van der Waals surface area contributed by atoms with Crippen molar-refractivity contribution >= 4 is 6.21 Å². The van der Waals surface area contributed by atoms with E-state index in [-0.39, 0.29) is 5.95 Å². The highest BCUT2D eigenvalue weighted by molar-refractivity contribution is 5.84. The molecule has 0 amide bonds. The van der Waals surface area contributed by atoms with Gasteiger partial charge in [-0.1, -0.05) is 24.3 Å². The Bertz CT molecular complexity index is 408. The number of methoxy groups -OCH3 is 1. The fourth-order valence-electron chi connectivity index (χ4n) is 1.44. The van der Waals surface area contributed by atoms with Crippen LogP contribution in [-0.2, 0) is 11.2 Å². The van der Waals surface area contributed by atoms with Crippen LogP contribution in [0.3, 0.4) is 0 Å². The predicted octanol–water partition coefficient (Wildman–Crippen LogP) is 2.04. The van der Waals surface area contributed by atoms with Crippen molar-refractivity contribution in [2.24, 2.45) is 4.99 Å². The SMILES string of the molecule is CO/C(O)=C1\Cc2ccccc2C=N1. The van der Waals surface area contributed by atoms with Crippen LogP contribution < -0.4 is 0 Å². The first-order valence-electron chi connectivity index (χ1n) is 4.39. The predicted molar refractivity (Wildman–Crippen MR) is 54.4 cm³/mol. The maximum Gasteiger partial charge on any atom is 0.299 e. The van der Waals surface area contributed by atoms with E-state index in [4.69, 9.17) is 4.74 Å². The van der Waals surface area contributed by atoms with Crippen LogP contribution in [0, 0.1) is 0 Å². The summed E-state index contributed by atoms with van der Waals surface area (Å²) in [6, 6.07) is 7.96. The molecule has 0 bridgehead atoms. The quantitative estimate of drug-likeness (QED) is 0.687. The molecule has 0 atom stereocenters. The van der Waals surface area contributed by atoms with Crippen LogP contribution in [-0.4, -0.2) is 18.4 Å². The zero-order valence-corrected chi connectivity index (χ0v) is 7.90. The molecule has 0 fully saturated rings. The molecule has 72 valence electrons. The summed E-state index contributed by atoms with van der Waals surface area (Å²) in [6.45, 7) is 0. The van der Waals surface area contributed by atoms with Gasteiger partial charge >= 0.3 is 0 Å². The molecule has 3 nitrogen and oxygen atoms in total. The van der Waals surface area contributed by atoms with Gasteiger partial charge in [-0.05, 0) is 11.1 Å². The lowest BCUT2D eigenvalue weighted by molar-refractivity contribution is 0.130. The number of hydrogen-bond donors (Lipinski definition) is 1. The molecular weight excluding hydrogens is 178 g/mol. The van der Waals surface area contributed by atoms with Crippen LogP contribution in [0.15, 0.2) is 40.9 Å². The maximum atomic E-state index is 9.35. The molecule has 1 N–H and O–H groups in total. The third-order valence-corrected chi connectivity index (χ3v) is 2.21. The molecule has 14 heavy (non-hydrogen) atoms. The normalized spacial score (nSPS) is 17.5. The van der Waals surface area contributed by atoms with Gasteiger partial charge in [0.2, 0.25) is 0 Å². The summed E-state index contributed by atoms with van der Waals surface area (Å²) in [7, 11) is 1.43. The number of benzene rings is 1. The van der Waals surface area contributed by atoms with Gasteiger partial charge in [0, 0.05) is 12.6 Å². The first-order chi connectivity index (χ1) is 6.81. The first kappa shape index (κ1) is 8.81. The molecule has 1 aromatic rings. The summed E-state index contributed by atoms with van der Waals surface area (Å²) in [6.07, 6.45) is 2.36.